The number of nitrogens with one attached hydrogen (secondary N) is 1. The van der Waals surface area contributed by atoms with Crippen molar-refractivity contribution in [2.45, 2.75) is 39.2 Å². The molecule has 0 aromatic heterocycles. The van der Waals surface area contributed by atoms with Crippen LogP contribution in [0.2, 0.25) is 0 Å². The zero-order valence-electron chi connectivity index (χ0n) is 11.6. The minimum atomic E-state index is -0.286. The Morgan fingerprint density at radius 3 is 2.89 bits per heavy atom. The third-order valence-corrected chi connectivity index (χ3v) is 3.42. The minimum absolute atomic E-state index is 0.0599. The van der Waals surface area contributed by atoms with Crippen molar-refractivity contribution in [3.8, 4) is 0 Å². The molecule has 1 aliphatic rings. The van der Waals surface area contributed by atoms with Crippen LogP contribution in [0.5, 0.6) is 0 Å². The third-order valence-electron chi connectivity index (χ3n) is 3.42. The van der Waals surface area contributed by atoms with Crippen LogP contribution >= 0.6 is 0 Å². The predicted molar refractivity (Wildman–Crippen MR) is 74.8 cm³/mol. The average molecular weight is 264 g/mol. The number of amides is 1. The highest BCUT2D eigenvalue weighted by Crippen LogP contribution is 2.23. The summed E-state index contributed by atoms with van der Waals surface area (Å²) in [5.41, 5.74) is 1.51. The maximum absolute atomic E-state index is 13.5. The van der Waals surface area contributed by atoms with Crippen molar-refractivity contribution in [3.63, 3.8) is 0 Å². The number of aryl methyl sites for hydroxylation is 1. The zero-order chi connectivity index (χ0) is 13.8. The molecule has 1 unspecified atom stereocenters. The van der Waals surface area contributed by atoms with Crippen LogP contribution in [0.15, 0.2) is 18.2 Å². The quantitative estimate of drug-likeness (QED) is 0.906. The molecule has 0 aliphatic carbocycles. The molecule has 1 aromatic carbocycles. The molecule has 104 valence electrons. The molecular formula is C15H21FN2O. The molecule has 1 atom stereocenters. The summed E-state index contributed by atoms with van der Waals surface area (Å²) in [6, 6.07) is 4.65. The van der Waals surface area contributed by atoms with Crippen LogP contribution < -0.4 is 10.2 Å². The van der Waals surface area contributed by atoms with Crippen molar-refractivity contribution in [2.75, 3.05) is 18.0 Å². The van der Waals surface area contributed by atoms with E-state index in [9.17, 15) is 9.18 Å². The van der Waals surface area contributed by atoms with Crippen LogP contribution in [-0.2, 0) is 4.79 Å². The number of rotatable bonds is 4. The van der Waals surface area contributed by atoms with Crippen molar-refractivity contribution in [1.29, 1.82) is 0 Å². The fourth-order valence-corrected chi connectivity index (χ4v) is 2.51. The molecule has 1 aliphatic heterocycles. The molecule has 1 heterocycles. The Labute approximate surface area is 113 Å². The van der Waals surface area contributed by atoms with E-state index in [1.165, 1.54) is 12.1 Å². The summed E-state index contributed by atoms with van der Waals surface area (Å²) in [6.07, 6.45) is 2.81. The monoisotopic (exact) mass is 264 g/mol. The van der Waals surface area contributed by atoms with E-state index in [2.05, 4.69) is 12.2 Å². The summed E-state index contributed by atoms with van der Waals surface area (Å²) in [5.74, 6) is -0.226. The van der Waals surface area contributed by atoms with Gasteiger partial charge in [0.05, 0.1) is 6.04 Å². The Hall–Kier alpha value is -1.42. The molecule has 2 rings (SSSR count). The fraction of sp³-hybridized carbons (Fsp3) is 0.533. The highest BCUT2D eigenvalue weighted by Gasteiger charge is 2.29. The van der Waals surface area contributed by atoms with Crippen molar-refractivity contribution in [3.05, 3.63) is 29.6 Å². The second-order valence-corrected chi connectivity index (χ2v) is 5.13. The number of carbonyl (C=O) groups is 1. The van der Waals surface area contributed by atoms with Crippen LogP contribution in [-0.4, -0.2) is 25.0 Å². The Kier molecular flexibility index (Phi) is 4.53. The molecule has 4 heteroatoms. The van der Waals surface area contributed by atoms with Gasteiger partial charge in [-0.1, -0.05) is 6.92 Å². The van der Waals surface area contributed by atoms with E-state index in [4.69, 9.17) is 0 Å². The normalized spacial score (nSPS) is 19.8. The summed E-state index contributed by atoms with van der Waals surface area (Å²) in [5, 5.41) is 3.27. The molecule has 1 saturated heterocycles. The van der Waals surface area contributed by atoms with Crippen molar-refractivity contribution in [2.24, 2.45) is 0 Å². The summed E-state index contributed by atoms with van der Waals surface area (Å²) in [7, 11) is 0. The Balaban J connectivity index is 2.16. The largest absolute Gasteiger partial charge is 0.311 e. The van der Waals surface area contributed by atoms with Gasteiger partial charge in [0.15, 0.2) is 0 Å². The first-order valence-corrected chi connectivity index (χ1v) is 6.93. The molecule has 1 fully saturated rings. The van der Waals surface area contributed by atoms with E-state index in [1.807, 2.05) is 13.0 Å². The summed E-state index contributed by atoms with van der Waals surface area (Å²) >= 11 is 0. The summed E-state index contributed by atoms with van der Waals surface area (Å²) in [6.45, 7) is 5.43. The highest BCUT2D eigenvalue weighted by molar-refractivity contribution is 5.98. The first-order valence-electron chi connectivity index (χ1n) is 6.93. The van der Waals surface area contributed by atoms with Crippen LogP contribution in [0.4, 0.5) is 10.1 Å². The molecule has 0 bridgehead atoms. The van der Waals surface area contributed by atoms with Crippen molar-refractivity contribution in [1.82, 2.24) is 5.32 Å². The van der Waals surface area contributed by atoms with Crippen LogP contribution in [0.1, 0.15) is 31.7 Å². The third kappa shape index (κ3) is 3.32. The van der Waals surface area contributed by atoms with Gasteiger partial charge in [0.1, 0.15) is 5.82 Å². The van der Waals surface area contributed by atoms with Gasteiger partial charge in [0.25, 0.3) is 0 Å². The van der Waals surface area contributed by atoms with Crippen LogP contribution in [0, 0.1) is 12.7 Å². The fourth-order valence-electron chi connectivity index (χ4n) is 2.51. The topological polar surface area (TPSA) is 32.3 Å². The molecule has 3 nitrogen and oxygen atoms in total. The molecule has 1 N–H and O–H groups in total. The molecular weight excluding hydrogens is 243 g/mol. The number of nitrogens with zero attached hydrogens (tertiary/aromatic N) is 1. The Bertz CT molecular complexity index is 441. The molecule has 1 amide bonds. The Morgan fingerprint density at radius 2 is 2.21 bits per heavy atom. The van der Waals surface area contributed by atoms with Gasteiger partial charge in [-0.3, -0.25) is 4.79 Å². The maximum Gasteiger partial charge on any atom is 0.244 e. The van der Waals surface area contributed by atoms with Gasteiger partial charge in [0, 0.05) is 12.2 Å². The lowest BCUT2D eigenvalue weighted by Crippen LogP contribution is -2.51. The van der Waals surface area contributed by atoms with Gasteiger partial charge in [-0.25, -0.2) is 4.39 Å². The Morgan fingerprint density at radius 1 is 1.42 bits per heavy atom. The smallest absolute Gasteiger partial charge is 0.244 e. The number of anilines is 1. The predicted octanol–water partition coefficient (Wildman–Crippen LogP) is 2.63. The van der Waals surface area contributed by atoms with Gasteiger partial charge < -0.3 is 10.2 Å². The number of piperidine rings is 1. The first kappa shape index (κ1) is 14.0. The van der Waals surface area contributed by atoms with Gasteiger partial charge in [0.2, 0.25) is 5.91 Å². The molecule has 19 heavy (non-hydrogen) atoms. The van der Waals surface area contributed by atoms with Crippen molar-refractivity contribution >= 4 is 11.6 Å². The van der Waals surface area contributed by atoms with E-state index >= 15 is 0 Å². The molecule has 1 aromatic rings. The lowest BCUT2D eigenvalue weighted by molar-refractivity contribution is -0.121. The minimum Gasteiger partial charge on any atom is -0.311 e. The van der Waals surface area contributed by atoms with Crippen molar-refractivity contribution < 1.29 is 9.18 Å². The van der Waals surface area contributed by atoms with Gasteiger partial charge >= 0.3 is 0 Å². The van der Waals surface area contributed by atoms with E-state index in [-0.39, 0.29) is 17.8 Å². The number of hydrogen-bond acceptors (Lipinski definition) is 2. The molecule has 0 radical (unpaired) electrons. The maximum atomic E-state index is 13.5. The zero-order valence-corrected chi connectivity index (χ0v) is 11.6. The van der Waals surface area contributed by atoms with E-state index in [0.29, 0.717) is 12.2 Å². The first-order chi connectivity index (χ1) is 9.11. The number of hydrogen-bond donors (Lipinski definition) is 1. The lowest BCUT2D eigenvalue weighted by Gasteiger charge is -2.33. The highest BCUT2D eigenvalue weighted by atomic mass is 19.1. The second-order valence-electron chi connectivity index (χ2n) is 5.13. The van der Waals surface area contributed by atoms with E-state index in [0.717, 1.165) is 31.4 Å². The van der Waals surface area contributed by atoms with Gasteiger partial charge in [-0.2, -0.15) is 0 Å². The second kappa shape index (κ2) is 6.15. The number of carbonyl (C=O) groups excluding carboxylic acids is 1. The van der Waals surface area contributed by atoms with Crippen LogP contribution in [0.25, 0.3) is 0 Å². The summed E-state index contributed by atoms with van der Waals surface area (Å²) in [4.78, 5) is 14.1. The lowest BCUT2D eigenvalue weighted by atomic mass is 10.0. The van der Waals surface area contributed by atoms with E-state index in [1.54, 1.807) is 4.90 Å². The SMILES string of the molecule is CCCNC1CCCN(c2cc(C)cc(F)c2)C1=O. The van der Waals surface area contributed by atoms with E-state index < -0.39 is 0 Å². The molecule has 0 saturated carbocycles. The van der Waals surface area contributed by atoms with Crippen LogP contribution in [0.3, 0.4) is 0 Å². The standard InChI is InChI=1S/C15H21FN2O/c1-3-6-17-14-5-4-7-18(15(14)19)13-9-11(2)8-12(16)10-13/h8-10,14,17H,3-7H2,1-2H3. The average Bonchev–Trinajstić information content (AvgIpc) is 2.36. The summed E-state index contributed by atoms with van der Waals surface area (Å²) < 4.78 is 13.5. The number of benzene rings is 1. The van der Waals surface area contributed by atoms with Gasteiger partial charge in [-0.15, -0.1) is 0 Å². The molecule has 0 spiro atoms. The van der Waals surface area contributed by atoms with Gasteiger partial charge in [-0.05, 0) is 56.5 Å². The number of halogens is 1.